The second kappa shape index (κ2) is 3.28. The first-order chi connectivity index (χ1) is 5.52. The largest absolute Gasteiger partial charge is 0.319 e. The van der Waals surface area contributed by atoms with E-state index in [2.05, 4.69) is 6.58 Å². The van der Waals surface area contributed by atoms with Gasteiger partial charge in [-0.2, -0.15) is 0 Å². The number of hydrogen-bond acceptors (Lipinski definition) is 1. The van der Waals surface area contributed by atoms with E-state index >= 15 is 0 Å². The molecule has 0 unspecified atom stereocenters. The van der Waals surface area contributed by atoms with Gasteiger partial charge >= 0.3 is 0 Å². The van der Waals surface area contributed by atoms with Gasteiger partial charge in [0.15, 0.2) is 0 Å². The predicted octanol–water partition coefficient (Wildman–Crippen LogP) is 3.28. The van der Waals surface area contributed by atoms with E-state index < -0.39 is 7.14 Å². The monoisotopic (exact) mass is 180 g/mol. The molecule has 0 aromatic heterocycles. The van der Waals surface area contributed by atoms with Gasteiger partial charge < -0.3 is 4.57 Å². The summed E-state index contributed by atoms with van der Waals surface area (Å²) < 4.78 is 11.6. The van der Waals surface area contributed by atoms with Crippen molar-refractivity contribution in [1.29, 1.82) is 0 Å². The van der Waals surface area contributed by atoms with Crippen LogP contribution in [0.3, 0.4) is 0 Å². The Hall–Kier alpha value is -0.810. The molecule has 0 aliphatic carbocycles. The molecule has 1 aromatic carbocycles. The molecule has 64 valence electrons. The lowest BCUT2D eigenvalue weighted by Gasteiger charge is -2.09. The van der Waals surface area contributed by atoms with Gasteiger partial charge in [0.2, 0.25) is 0 Å². The highest BCUT2D eigenvalue weighted by atomic mass is 31.2. The van der Waals surface area contributed by atoms with Crippen molar-refractivity contribution < 1.29 is 4.57 Å². The normalized spacial score (nSPS) is 11.2. The standard InChI is InChI=1S/C10H13OP/c1-9(12(2,3)11)10-7-5-4-6-8-10/h4-8H,1H2,2-3H3. The summed E-state index contributed by atoms with van der Waals surface area (Å²) in [7, 11) is -2.17. The van der Waals surface area contributed by atoms with Gasteiger partial charge in [-0.3, -0.25) is 0 Å². The Labute approximate surface area is 73.5 Å². The molecular formula is C10H13OP. The highest BCUT2D eigenvalue weighted by molar-refractivity contribution is 7.72. The van der Waals surface area contributed by atoms with Crippen molar-refractivity contribution in [3.63, 3.8) is 0 Å². The summed E-state index contributed by atoms with van der Waals surface area (Å²) in [5.41, 5.74) is 0.978. The van der Waals surface area contributed by atoms with E-state index in [0.717, 1.165) is 10.9 Å². The van der Waals surface area contributed by atoms with Crippen LogP contribution in [-0.4, -0.2) is 13.3 Å². The first kappa shape index (κ1) is 9.28. The minimum Gasteiger partial charge on any atom is -0.319 e. The summed E-state index contributed by atoms with van der Waals surface area (Å²) in [6.45, 7) is 7.31. The Morgan fingerprint density at radius 1 is 1.25 bits per heavy atom. The van der Waals surface area contributed by atoms with Gasteiger partial charge in [-0.15, -0.1) is 0 Å². The Balaban J connectivity index is 3.03. The molecule has 0 spiro atoms. The maximum Gasteiger partial charge on any atom is 0.109 e. The van der Waals surface area contributed by atoms with Gasteiger partial charge in [0.1, 0.15) is 7.14 Å². The molecule has 0 atom stereocenters. The summed E-state index contributed by atoms with van der Waals surface area (Å²) in [5.74, 6) is 0. The highest BCUT2D eigenvalue weighted by Crippen LogP contribution is 2.50. The molecule has 0 aliphatic rings. The molecule has 0 heterocycles. The van der Waals surface area contributed by atoms with Crippen molar-refractivity contribution in [2.75, 3.05) is 13.3 Å². The van der Waals surface area contributed by atoms with Gasteiger partial charge in [0, 0.05) is 5.31 Å². The molecule has 0 saturated heterocycles. The zero-order valence-electron chi connectivity index (χ0n) is 7.45. The topological polar surface area (TPSA) is 17.1 Å². The van der Waals surface area contributed by atoms with E-state index in [4.69, 9.17) is 0 Å². The first-order valence-electron chi connectivity index (χ1n) is 3.81. The van der Waals surface area contributed by atoms with Gasteiger partial charge in [0.25, 0.3) is 0 Å². The molecular weight excluding hydrogens is 167 g/mol. The second-order valence-corrected chi connectivity index (χ2v) is 6.41. The van der Waals surface area contributed by atoms with Crippen LogP contribution in [0.25, 0.3) is 5.31 Å². The van der Waals surface area contributed by atoms with Crippen LogP contribution in [0.4, 0.5) is 0 Å². The van der Waals surface area contributed by atoms with Gasteiger partial charge in [-0.1, -0.05) is 36.9 Å². The third-order valence-corrected chi connectivity index (χ3v) is 3.32. The van der Waals surface area contributed by atoms with Crippen LogP contribution in [0.5, 0.6) is 0 Å². The summed E-state index contributed by atoms with van der Waals surface area (Å²) >= 11 is 0. The molecule has 0 fully saturated rings. The van der Waals surface area contributed by atoms with Crippen LogP contribution >= 0.6 is 7.14 Å². The lowest BCUT2D eigenvalue weighted by atomic mass is 10.2. The molecule has 1 aromatic rings. The van der Waals surface area contributed by atoms with Crippen molar-refractivity contribution in [2.24, 2.45) is 0 Å². The van der Waals surface area contributed by atoms with E-state index in [1.165, 1.54) is 0 Å². The van der Waals surface area contributed by atoms with Gasteiger partial charge in [-0.25, -0.2) is 0 Å². The third-order valence-electron chi connectivity index (χ3n) is 1.76. The Kier molecular flexibility index (Phi) is 2.54. The minimum absolute atomic E-state index is 0.753. The molecule has 12 heavy (non-hydrogen) atoms. The Bertz CT molecular complexity index is 321. The average Bonchev–Trinajstić information content (AvgIpc) is 2.03. The molecule has 0 amide bonds. The van der Waals surface area contributed by atoms with Crippen molar-refractivity contribution in [2.45, 2.75) is 0 Å². The molecule has 0 aliphatic heterocycles. The van der Waals surface area contributed by atoms with Gasteiger partial charge in [-0.05, 0) is 18.9 Å². The van der Waals surface area contributed by atoms with E-state index in [0.29, 0.717) is 0 Å². The molecule has 0 N–H and O–H groups in total. The SMILES string of the molecule is C=C(c1ccccc1)P(C)(C)=O. The smallest absolute Gasteiger partial charge is 0.109 e. The third kappa shape index (κ3) is 2.09. The molecule has 1 rings (SSSR count). The quantitative estimate of drug-likeness (QED) is 0.638. The summed E-state index contributed by atoms with van der Waals surface area (Å²) in [4.78, 5) is 0. The van der Waals surface area contributed by atoms with Crippen LogP contribution in [0.1, 0.15) is 5.56 Å². The number of rotatable bonds is 2. The van der Waals surface area contributed by atoms with Crippen LogP contribution in [0, 0.1) is 0 Å². The van der Waals surface area contributed by atoms with Crippen molar-refractivity contribution in [3.8, 4) is 0 Å². The van der Waals surface area contributed by atoms with E-state index in [-0.39, 0.29) is 0 Å². The summed E-state index contributed by atoms with van der Waals surface area (Å²) in [6.07, 6.45) is 0. The van der Waals surface area contributed by atoms with Crippen LogP contribution in [0.2, 0.25) is 0 Å². The van der Waals surface area contributed by atoms with Crippen molar-refractivity contribution >= 4 is 12.5 Å². The zero-order valence-corrected chi connectivity index (χ0v) is 8.34. The maximum absolute atomic E-state index is 11.6. The Morgan fingerprint density at radius 3 is 2.17 bits per heavy atom. The fourth-order valence-electron chi connectivity index (χ4n) is 0.941. The fraction of sp³-hybridized carbons (Fsp3) is 0.200. The molecule has 0 saturated carbocycles. The Morgan fingerprint density at radius 2 is 1.75 bits per heavy atom. The van der Waals surface area contributed by atoms with Crippen LogP contribution in [0.15, 0.2) is 36.9 Å². The first-order valence-corrected chi connectivity index (χ1v) is 6.42. The van der Waals surface area contributed by atoms with E-state index in [1.807, 2.05) is 30.3 Å². The lowest BCUT2D eigenvalue weighted by Crippen LogP contribution is -1.82. The minimum atomic E-state index is -2.17. The fourth-order valence-corrected chi connectivity index (χ4v) is 1.71. The van der Waals surface area contributed by atoms with Gasteiger partial charge in [0.05, 0.1) is 0 Å². The number of benzene rings is 1. The second-order valence-electron chi connectivity index (χ2n) is 3.16. The summed E-state index contributed by atoms with van der Waals surface area (Å²) in [6, 6.07) is 9.66. The zero-order chi connectivity index (χ0) is 9.19. The number of hydrogen-bond donors (Lipinski definition) is 0. The van der Waals surface area contributed by atoms with Crippen LogP contribution in [-0.2, 0) is 4.57 Å². The van der Waals surface area contributed by atoms with Crippen molar-refractivity contribution in [1.82, 2.24) is 0 Å². The predicted molar refractivity (Wildman–Crippen MR) is 54.9 cm³/mol. The van der Waals surface area contributed by atoms with Crippen LogP contribution < -0.4 is 0 Å². The lowest BCUT2D eigenvalue weighted by molar-refractivity contribution is 0.589. The average molecular weight is 180 g/mol. The summed E-state index contributed by atoms with van der Waals surface area (Å²) in [5, 5.41) is 0.753. The molecule has 0 bridgehead atoms. The maximum atomic E-state index is 11.6. The van der Waals surface area contributed by atoms with Crippen molar-refractivity contribution in [3.05, 3.63) is 42.5 Å². The molecule has 2 heteroatoms. The van der Waals surface area contributed by atoms with E-state index in [1.54, 1.807) is 13.3 Å². The highest BCUT2D eigenvalue weighted by Gasteiger charge is 2.13. The van der Waals surface area contributed by atoms with E-state index in [9.17, 15) is 4.57 Å². The molecule has 0 radical (unpaired) electrons. The molecule has 1 nitrogen and oxygen atoms in total.